The molecule has 0 aromatic heterocycles. The smallest absolute Gasteiger partial charge is 0.233 e. The van der Waals surface area contributed by atoms with E-state index in [9.17, 15) is 9.59 Å². The van der Waals surface area contributed by atoms with Gasteiger partial charge in [-0.1, -0.05) is 35.0 Å². The van der Waals surface area contributed by atoms with Crippen LogP contribution < -0.4 is 9.47 Å². The number of rotatable bonds is 6. The third-order valence-corrected chi connectivity index (χ3v) is 8.25. The number of nitrogens with zero attached hydrogens (tertiary/aromatic N) is 2. The van der Waals surface area contributed by atoms with Crippen molar-refractivity contribution in [3.63, 3.8) is 0 Å². The zero-order valence-corrected chi connectivity index (χ0v) is 19.7. The van der Waals surface area contributed by atoms with Gasteiger partial charge in [-0.25, -0.2) is 0 Å². The maximum Gasteiger partial charge on any atom is 0.233 e. The van der Waals surface area contributed by atoms with Crippen LogP contribution in [0.3, 0.4) is 0 Å². The first-order valence-corrected chi connectivity index (χ1v) is 12.0. The molecule has 7 nitrogen and oxygen atoms in total. The second kappa shape index (κ2) is 8.01. The van der Waals surface area contributed by atoms with Crippen molar-refractivity contribution in [3.05, 3.63) is 58.6 Å². The average Bonchev–Trinajstić information content (AvgIpc) is 3.59. The summed E-state index contributed by atoms with van der Waals surface area (Å²) in [5, 5.41) is 5.04. The molecule has 1 saturated heterocycles. The van der Waals surface area contributed by atoms with Crippen LogP contribution in [-0.2, 0) is 20.8 Å². The number of methoxy groups -OCH3 is 2. The van der Waals surface area contributed by atoms with Crippen LogP contribution in [0.15, 0.2) is 47.6 Å². The monoisotopic (exact) mass is 480 g/mol. The summed E-state index contributed by atoms with van der Waals surface area (Å²) in [6, 6.07) is 13.2. The number of hydrogen-bond donors (Lipinski definition) is 0. The molecule has 3 fully saturated rings. The number of imide groups is 1. The highest BCUT2D eigenvalue weighted by Crippen LogP contribution is 2.61. The Hall–Kier alpha value is -3.06. The quantitative estimate of drug-likeness (QED) is 0.591. The van der Waals surface area contributed by atoms with E-state index in [4.69, 9.17) is 25.9 Å². The fraction of sp³-hybridized carbons (Fsp3) is 0.423. The summed E-state index contributed by atoms with van der Waals surface area (Å²) in [5.74, 6) is 0.704. The Morgan fingerprint density at radius 2 is 1.68 bits per heavy atom. The van der Waals surface area contributed by atoms with Crippen LogP contribution >= 0.6 is 11.6 Å². The summed E-state index contributed by atoms with van der Waals surface area (Å²) in [6.45, 7) is 0.355. The second-order valence-electron chi connectivity index (χ2n) is 9.46. The molecule has 34 heavy (non-hydrogen) atoms. The number of hydrogen-bond acceptors (Lipinski definition) is 6. The van der Waals surface area contributed by atoms with E-state index in [1.54, 1.807) is 14.2 Å². The zero-order chi connectivity index (χ0) is 23.6. The number of fused-ring (bicyclic) bond motifs is 8. The molecule has 2 amide bonds. The molecule has 2 saturated carbocycles. The van der Waals surface area contributed by atoms with Gasteiger partial charge in [-0.15, -0.1) is 0 Å². The molecular weight excluding hydrogens is 456 g/mol. The Labute approximate surface area is 202 Å². The lowest BCUT2D eigenvalue weighted by Gasteiger charge is -2.29. The predicted octanol–water partition coefficient (Wildman–Crippen LogP) is 3.57. The molecule has 176 valence electrons. The topological polar surface area (TPSA) is 77.4 Å². The number of carbonyl (C=O) groups excluding carboxylic acids is 2. The molecule has 2 bridgehead atoms. The first-order chi connectivity index (χ1) is 16.5. The van der Waals surface area contributed by atoms with Crippen molar-refractivity contribution in [1.29, 1.82) is 0 Å². The van der Waals surface area contributed by atoms with Crippen LogP contribution in [0.4, 0.5) is 0 Å². The summed E-state index contributed by atoms with van der Waals surface area (Å²) < 4.78 is 10.7. The van der Waals surface area contributed by atoms with E-state index >= 15 is 0 Å². The van der Waals surface area contributed by atoms with Gasteiger partial charge in [0.25, 0.3) is 0 Å². The molecule has 2 aliphatic carbocycles. The molecular formula is C26H25ClN2O5. The fourth-order valence-corrected chi connectivity index (χ4v) is 6.67. The average molecular weight is 481 g/mol. The maximum absolute atomic E-state index is 13.5. The highest BCUT2D eigenvalue weighted by molar-refractivity contribution is 6.30. The molecule has 2 heterocycles. The minimum atomic E-state index is -0.302. The third-order valence-electron chi connectivity index (χ3n) is 7.99. The number of oxime groups is 1. The molecule has 2 aromatic rings. The summed E-state index contributed by atoms with van der Waals surface area (Å²) in [5.41, 5.74) is 2.82. The van der Waals surface area contributed by atoms with E-state index in [0.717, 1.165) is 23.3 Å². The van der Waals surface area contributed by atoms with Crippen molar-refractivity contribution in [2.24, 2.45) is 34.7 Å². The molecule has 6 rings (SSSR count). The first-order valence-electron chi connectivity index (χ1n) is 11.6. The number of carbonyl (C=O) groups is 2. The SMILES string of the molecule is COc1ccc(CCN2C(=O)C3C4CC(C5C(c6ccc(Cl)cc6)=NOC45)C3C2=O)cc1OC. The first kappa shape index (κ1) is 21.5. The Morgan fingerprint density at radius 1 is 0.971 bits per heavy atom. The van der Waals surface area contributed by atoms with Crippen LogP contribution in [0, 0.1) is 29.6 Å². The van der Waals surface area contributed by atoms with Crippen molar-refractivity contribution in [2.75, 3.05) is 20.8 Å². The lowest BCUT2D eigenvalue weighted by Crippen LogP contribution is -2.41. The zero-order valence-electron chi connectivity index (χ0n) is 18.9. The third kappa shape index (κ3) is 3.06. The van der Waals surface area contributed by atoms with Gasteiger partial charge in [0.2, 0.25) is 11.8 Å². The van der Waals surface area contributed by atoms with E-state index < -0.39 is 0 Å². The second-order valence-corrected chi connectivity index (χ2v) is 9.90. The van der Waals surface area contributed by atoms with E-state index in [-0.39, 0.29) is 47.5 Å². The molecule has 0 radical (unpaired) electrons. The number of likely N-dealkylation sites (tertiary alicyclic amines) is 1. The minimum absolute atomic E-state index is 0.0241. The van der Waals surface area contributed by atoms with Crippen LogP contribution in [-0.4, -0.2) is 49.3 Å². The van der Waals surface area contributed by atoms with Crippen LogP contribution in [0.1, 0.15) is 17.5 Å². The van der Waals surface area contributed by atoms with Crippen molar-refractivity contribution < 1.29 is 23.9 Å². The van der Waals surface area contributed by atoms with Gasteiger partial charge < -0.3 is 14.3 Å². The van der Waals surface area contributed by atoms with Crippen LogP contribution in [0.25, 0.3) is 0 Å². The molecule has 2 aliphatic heterocycles. The van der Waals surface area contributed by atoms with E-state index in [2.05, 4.69) is 5.16 Å². The molecule has 0 N–H and O–H groups in total. The maximum atomic E-state index is 13.5. The summed E-state index contributed by atoms with van der Waals surface area (Å²) in [6.07, 6.45) is 1.26. The van der Waals surface area contributed by atoms with Crippen molar-refractivity contribution in [2.45, 2.75) is 18.9 Å². The normalized spacial score (nSPS) is 30.8. The van der Waals surface area contributed by atoms with E-state index in [0.29, 0.717) is 29.5 Å². The molecule has 4 aliphatic rings. The Balaban J connectivity index is 1.20. The van der Waals surface area contributed by atoms with Crippen LogP contribution in [0.5, 0.6) is 11.5 Å². The van der Waals surface area contributed by atoms with Gasteiger partial charge >= 0.3 is 0 Å². The largest absolute Gasteiger partial charge is 0.493 e. The Kier molecular flexibility index (Phi) is 5.06. The number of halogens is 1. The lowest BCUT2D eigenvalue weighted by molar-refractivity contribution is -0.140. The molecule has 2 aromatic carbocycles. The Bertz CT molecular complexity index is 1200. The minimum Gasteiger partial charge on any atom is -0.493 e. The highest BCUT2D eigenvalue weighted by Gasteiger charge is 2.70. The fourth-order valence-electron chi connectivity index (χ4n) is 6.54. The van der Waals surface area contributed by atoms with Gasteiger partial charge in [0.05, 0.1) is 31.8 Å². The lowest BCUT2D eigenvalue weighted by atomic mass is 9.71. The molecule has 8 heteroatoms. The summed E-state index contributed by atoms with van der Waals surface area (Å²) in [4.78, 5) is 34.2. The van der Waals surface area contributed by atoms with Gasteiger partial charge in [0.15, 0.2) is 11.5 Å². The number of benzene rings is 2. The standard InChI is InChI=1S/C26H25ClN2O5/c1-32-18-8-3-13(11-19(18)33-2)9-10-29-25(30)20-16-12-17(21(20)26(29)31)24-22(16)23(28-34-24)14-4-6-15(27)7-5-14/h3-8,11,16-17,20-22,24H,9-10,12H2,1-2H3. The van der Waals surface area contributed by atoms with Crippen LogP contribution in [0.2, 0.25) is 5.02 Å². The predicted molar refractivity (Wildman–Crippen MR) is 125 cm³/mol. The van der Waals surface area contributed by atoms with Gasteiger partial charge in [0, 0.05) is 23.4 Å². The van der Waals surface area contributed by atoms with E-state index in [1.165, 1.54) is 4.90 Å². The molecule has 6 atom stereocenters. The summed E-state index contributed by atoms with van der Waals surface area (Å²) >= 11 is 6.05. The number of ether oxygens (including phenoxy) is 2. The molecule has 6 unspecified atom stereocenters. The summed E-state index contributed by atoms with van der Waals surface area (Å²) in [7, 11) is 3.18. The van der Waals surface area contributed by atoms with Gasteiger partial charge in [0.1, 0.15) is 6.10 Å². The highest BCUT2D eigenvalue weighted by atomic mass is 35.5. The van der Waals surface area contributed by atoms with Gasteiger partial charge in [-0.3, -0.25) is 14.5 Å². The van der Waals surface area contributed by atoms with Gasteiger partial charge in [-0.2, -0.15) is 0 Å². The van der Waals surface area contributed by atoms with Gasteiger partial charge in [-0.05, 0) is 54.2 Å². The van der Waals surface area contributed by atoms with Crippen molar-refractivity contribution in [1.82, 2.24) is 4.90 Å². The van der Waals surface area contributed by atoms with E-state index in [1.807, 2.05) is 42.5 Å². The number of amides is 2. The van der Waals surface area contributed by atoms with Crippen molar-refractivity contribution in [3.8, 4) is 11.5 Å². The van der Waals surface area contributed by atoms with Crippen molar-refractivity contribution >= 4 is 29.1 Å². The Morgan fingerprint density at radius 3 is 2.38 bits per heavy atom. The molecule has 0 spiro atoms.